The van der Waals surface area contributed by atoms with Gasteiger partial charge in [-0.2, -0.15) is 0 Å². The monoisotopic (exact) mass is 376 g/mol. The van der Waals surface area contributed by atoms with Crippen LogP contribution in [0.2, 0.25) is 5.02 Å². The molecule has 0 radical (unpaired) electrons. The first-order valence-electron chi connectivity index (χ1n) is 7.30. The van der Waals surface area contributed by atoms with Crippen molar-refractivity contribution in [3.05, 3.63) is 82.9 Å². The van der Waals surface area contributed by atoms with Crippen molar-refractivity contribution in [1.29, 1.82) is 0 Å². The van der Waals surface area contributed by atoms with E-state index in [4.69, 9.17) is 11.6 Å². The summed E-state index contributed by atoms with van der Waals surface area (Å²) in [7, 11) is 0. The number of aromatic nitrogens is 2. The molecule has 0 fully saturated rings. The Bertz CT molecular complexity index is 953. The quantitative estimate of drug-likeness (QED) is 0.690. The van der Waals surface area contributed by atoms with E-state index >= 15 is 0 Å². The van der Waals surface area contributed by atoms with E-state index in [1.54, 1.807) is 0 Å². The number of nitrogens with zero attached hydrogens (tertiary/aromatic N) is 2. The van der Waals surface area contributed by atoms with E-state index in [-0.39, 0.29) is 16.3 Å². The molecular weight excluding hydrogens is 366 g/mol. The van der Waals surface area contributed by atoms with Crippen molar-refractivity contribution in [2.45, 2.75) is 0 Å². The highest BCUT2D eigenvalue weighted by Crippen LogP contribution is 2.18. The molecule has 26 heavy (non-hydrogen) atoms. The molecule has 0 aliphatic carbocycles. The fourth-order valence-electron chi connectivity index (χ4n) is 2.23. The number of amides is 2. The number of hydrogen-bond acceptors (Lipinski definition) is 3. The molecule has 0 atom stereocenters. The van der Waals surface area contributed by atoms with E-state index in [2.05, 4.69) is 15.8 Å². The molecular formula is C17H11ClF2N4O2. The van der Waals surface area contributed by atoms with Crippen LogP contribution in [0.5, 0.6) is 0 Å². The second-order valence-corrected chi connectivity index (χ2v) is 5.54. The van der Waals surface area contributed by atoms with Crippen LogP contribution in [0.25, 0.3) is 5.69 Å². The maximum atomic E-state index is 13.7. The van der Waals surface area contributed by atoms with Gasteiger partial charge in [0.25, 0.3) is 11.8 Å². The Labute approximate surface area is 151 Å². The third kappa shape index (κ3) is 3.55. The summed E-state index contributed by atoms with van der Waals surface area (Å²) in [5.74, 6) is -2.85. The van der Waals surface area contributed by atoms with Crippen LogP contribution in [0.1, 0.15) is 20.8 Å². The molecule has 0 spiro atoms. The second-order valence-electron chi connectivity index (χ2n) is 5.13. The van der Waals surface area contributed by atoms with Gasteiger partial charge in [-0.15, -0.1) is 0 Å². The molecule has 3 aromatic rings. The average molecular weight is 377 g/mol. The summed E-state index contributed by atoms with van der Waals surface area (Å²) in [6, 6.07) is 9.18. The normalized spacial score (nSPS) is 10.4. The molecule has 1 heterocycles. The Balaban J connectivity index is 1.75. The number of benzene rings is 2. The molecule has 132 valence electrons. The summed E-state index contributed by atoms with van der Waals surface area (Å²) in [6.45, 7) is 0. The fourth-order valence-corrected chi connectivity index (χ4v) is 2.47. The summed E-state index contributed by atoms with van der Waals surface area (Å²) in [5.41, 5.74) is 4.44. The van der Waals surface area contributed by atoms with Gasteiger partial charge in [0.1, 0.15) is 17.3 Å². The van der Waals surface area contributed by atoms with Gasteiger partial charge in [0.05, 0.1) is 23.1 Å². The standard InChI is InChI=1S/C17H11ClF2N4O2/c18-12-2-1-3-13(20)15(12)17(26)23-22-16(25)14-8-21-9-24(14)11-6-4-10(19)5-7-11/h1-9H,(H,22,25)(H,23,26). The largest absolute Gasteiger partial charge is 0.295 e. The van der Waals surface area contributed by atoms with Crippen LogP contribution in [-0.2, 0) is 0 Å². The minimum Gasteiger partial charge on any atom is -0.295 e. The predicted octanol–water partition coefficient (Wildman–Crippen LogP) is 2.88. The van der Waals surface area contributed by atoms with Gasteiger partial charge in [0.2, 0.25) is 0 Å². The van der Waals surface area contributed by atoms with Crippen molar-refractivity contribution < 1.29 is 18.4 Å². The highest BCUT2D eigenvalue weighted by atomic mass is 35.5. The molecule has 0 bridgehead atoms. The summed E-state index contributed by atoms with van der Waals surface area (Å²) >= 11 is 5.80. The van der Waals surface area contributed by atoms with Crippen molar-refractivity contribution in [3.63, 3.8) is 0 Å². The molecule has 6 nitrogen and oxygen atoms in total. The molecule has 1 aromatic heterocycles. The van der Waals surface area contributed by atoms with Gasteiger partial charge in [-0.1, -0.05) is 17.7 Å². The van der Waals surface area contributed by atoms with E-state index in [1.165, 1.54) is 53.5 Å². The van der Waals surface area contributed by atoms with E-state index in [1.807, 2.05) is 0 Å². The fraction of sp³-hybridized carbons (Fsp3) is 0. The lowest BCUT2D eigenvalue weighted by molar-refractivity contribution is 0.0840. The van der Waals surface area contributed by atoms with Crippen molar-refractivity contribution in [1.82, 2.24) is 20.4 Å². The third-order valence-corrected chi connectivity index (χ3v) is 3.77. The van der Waals surface area contributed by atoms with Crippen LogP contribution < -0.4 is 10.9 Å². The van der Waals surface area contributed by atoms with Crippen molar-refractivity contribution in [3.8, 4) is 5.69 Å². The van der Waals surface area contributed by atoms with Gasteiger partial charge in [-0.25, -0.2) is 13.8 Å². The zero-order valence-corrected chi connectivity index (χ0v) is 13.8. The molecule has 2 N–H and O–H groups in total. The Morgan fingerprint density at radius 2 is 1.69 bits per heavy atom. The molecule has 0 saturated heterocycles. The van der Waals surface area contributed by atoms with Crippen molar-refractivity contribution in [2.75, 3.05) is 0 Å². The number of nitrogens with one attached hydrogen (secondary N) is 2. The summed E-state index contributed by atoms with van der Waals surface area (Å²) < 4.78 is 28.1. The van der Waals surface area contributed by atoms with Crippen LogP contribution in [0.4, 0.5) is 8.78 Å². The smallest absolute Gasteiger partial charge is 0.288 e. The third-order valence-electron chi connectivity index (χ3n) is 3.46. The lowest BCUT2D eigenvalue weighted by atomic mass is 10.2. The number of rotatable bonds is 3. The highest BCUT2D eigenvalue weighted by molar-refractivity contribution is 6.33. The van der Waals surface area contributed by atoms with E-state index < -0.39 is 23.4 Å². The Hall–Kier alpha value is -3.26. The molecule has 2 aromatic carbocycles. The Morgan fingerprint density at radius 3 is 2.38 bits per heavy atom. The first-order valence-corrected chi connectivity index (χ1v) is 7.68. The lowest BCUT2D eigenvalue weighted by Gasteiger charge is -2.11. The highest BCUT2D eigenvalue weighted by Gasteiger charge is 2.18. The molecule has 0 unspecified atom stereocenters. The number of halogens is 3. The van der Waals surface area contributed by atoms with Crippen molar-refractivity contribution in [2.24, 2.45) is 0 Å². The SMILES string of the molecule is O=C(NNC(=O)c1cncn1-c1ccc(F)cc1)c1c(F)cccc1Cl. The summed E-state index contributed by atoms with van der Waals surface area (Å²) in [5, 5.41) is -0.0897. The lowest BCUT2D eigenvalue weighted by Crippen LogP contribution is -2.42. The van der Waals surface area contributed by atoms with Crippen LogP contribution in [0, 0.1) is 11.6 Å². The number of imidazole rings is 1. The maximum Gasteiger partial charge on any atom is 0.288 e. The Kier molecular flexibility index (Phi) is 4.94. The van der Waals surface area contributed by atoms with Gasteiger partial charge < -0.3 is 0 Å². The van der Waals surface area contributed by atoms with Gasteiger partial charge in [-0.05, 0) is 36.4 Å². The molecule has 2 amide bonds. The van der Waals surface area contributed by atoms with Gasteiger partial charge in [0.15, 0.2) is 0 Å². The minimum atomic E-state index is -0.908. The zero-order chi connectivity index (χ0) is 18.7. The average Bonchev–Trinajstić information content (AvgIpc) is 3.10. The summed E-state index contributed by atoms with van der Waals surface area (Å²) in [4.78, 5) is 28.2. The van der Waals surface area contributed by atoms with Crippen LogP contribution in [0.15, 0.2) is 55.0 Å². The second kappa shape index (κ2) is 7.32. The number of hydrazine groups is 1. The zero-order valence-electron chi connectivity index (χ0n) is 13.0. The van der Waals surface area contributed by atoms with Gasteiger partial charge >= 0.3 is 0 Å². The first kappa shape index (κ1) is 17.6. The molecule has 0 saturated carbocycles. The van der Waals surface area contributed by atoms with Gasteiger partial charge in [-0.3, -0.25) is 25.0 Å². The van der Waals surface area contributed by atoms with Crippen LogP contribution in [0.3, 0.4) is 0 Å². The number of carbonyl (C=O) groups excluding carboxylic acids is 2. The van der Waals surface area contributed by atoms with Crippen molar-refractivity contribution >= 4 is 23.4 Å². The molecule has 3 rings (SSSR count). The van der Waals surface area contributed by atoms with E-state index in [9.17, 15) is 18.4 Å². The molecule has 9 heteroatoms. The van der Waals surface area contributed by atoms with Crippen LogP contribution in [-0.4, -0.2) is 21.4 Å². The van der Waals surface area contributed by atoms with E-state index in [0.29, 0.717) is 5.69 Å². The summed E-state index contributed by atoms with van der Waals surface area (Å²) in [6.07, 6.45) is 2.62. The predicted molar refractivity (Wildman–Crippen MR) is 89.9 cm³/mol. The molecule has 0 aliphatic heterocycles. The maximum absolute atomic E-state index is 13.7. The molecule has 0 aliphatic rings. The van der Waals surface area contributed by atoms with E-state index in [0.717, 1.165) is 6.07 Å². The van der Waals surface area contributed by atoms with Crippen LogP contribution >= 0.6 is 11.6 Å². The first-order chi connectivity index (χ1) is 12.5. The Morgan fingerprint density at radius 1 is 1.00 bits per heavy atom. The number of carbonyl (C=O) groups is 2. The topological polar surface area (TPSA) is 76.0 Å². The minimum absolute atomic E-state index is 0.0801. The number of hydrogen-bond donors (Lipinski definition) is 2. The van der Waals surface area contributed by atoms with Gasteiger partial charge in [0, 0.05) is 5.69 Å².